The van der Waals surface area contributed by atoms with Crippen molar-refractivity contribution < 1.29 is 19.6 Å². The van der Waals surface area contributed by atoms with Gasteiger partial charge in [0.1, 0.15) is 6.10 Å². The Morgan fingerprint density at radius 3 is 3.00 bits per heavy atom. The summed E-state index contributed by atoms with van der Waals surface area (Å²) in [5.41, 5.74) is 0.371. The van der Waals surface area contributed by atoms with E-state index in [9.17, 15) is 10.0 Å². The molecule has 0 saturated carbocycles. The molecular formula is C9H15NO4. The quantitative estimate of drug-likeness (QED) is 0.547. The van der Waals surface area contributed by atoms with Crippen molar-refractivity contribution in [2.45, 2.75) is 26.4 Å². The molecule has 2 unspecified atom stereocenters. The largest absolute Gasteiger partial charge is 0.465 e. The van der Waals surface area contributed by atoms with Gasteiger partial charge in [-0.1, -0.05) is 13.5 Å². The molecule has 5 heteroatoms. The van der Waals surface area contributed by atoms with E-state index in [1.165, 1.54) is 0 Å². The minimum Gasteiger partial charge on any atom is -0.465 e. The summed E-state index contributed by atoms with van der Waals surface area (Å²) in [6.45, 7) is 7.32. The maximum Gasteiger partial charge on any atom is 0.308 e. The van der Waals surface area contributed by atoms with Crippen LogP contribution in [0.25, 0.3) is 0 Å². The summed E-state index contributed by atoms with van der Waals surface area (Å²) in [6, 6.07) is 0. The van der Waals surface area contributed by atoms with E-state index in [-0.39, 0.29) is 24.4 Å². The van der Waals surface area contributed by atoms with Crippen LogP contribution in [-0.4, -0.2) is 29.1 Å². The van der Waals surface area contributed by atoms with Gasteiger partial charge < -0.3 is 4.74 Å². The first-order valence-electron chi connectivity index (χ1n) is 4.47. The molecule has 0 spiro atoms. The lowest BCUT2D eigenvalue weighted by molar-refractivity contribution is -0.346. The Bertz CT molecular complexity index is 241. The lowest BCUT2D eigenvalue weighted by Crippen LogP contribution is -2.38. The fourth-order valence-corrected chi connectivity index (χ4v) is 1.12. The third kappa shape index (κ3) is 2.71. The smallest absolute Gasteiger partial charge is 0.308 e. The minimum atomic E-state index is -0.349. The highest BCUT2D eigenvalue weighted by atomic mass is 16.9. The normalized spacial score (nSPS) is 26.9. The maximum atomic E-state index is 10.9. The number of hydroxylamine groups is 2. The van der Waals surface area contributed by atoms with Gasteiger partial charge in [-0.15, -0.1) is 5.23 Å². The first-order valence-corrected chi connectivity index (χ1v) is 4.47. The average molecular weight is 201 g/mol. The van der Waals surface area contributed by atoms with Crippen LogP contribution >= 0.6 is 0 Å². The van der Waals surface area contributed by atoms with E-state index in [2.05, 4.69) is 6.58 Å². The van der Waals surface area contributed by atoms with E-state index in [0.29, 0.717) is 17.5 Å². The fraction of sp³-hybridized carbons (Fsp3) is 0.667. The molecule has 0 aromatic heterocycles. The van der Waals surface area contributed by atoms with Gasteiger partial charge in [0.05, 0.1) is 18.7 Å². The van der Waals surface area contributed by atoms with E-state index >= 15 is 0 Å². The second-order valence-corrected chi connectivity index (χ2v) is 3.52. The first kappa shape index (κ1) is 11.0. The van der Waals surface area contributed by atoms with Gasteiger partial charge >= 0.3 is 5.97 Å². The van der Waals surface area contributed by atoms with Crippen LogP contribution in [0, 0.1) is 5.92 Å². The van der Waals surface area contributed by atoms with Crippen LogP contribution < -0.4 is 0 Å². The summed E-state index contributed by atoms with van der Waals surface area (Å²) < 4.78 is 4.82. The van der Waals surface area contributed by atoms with Crippen molar-refractivity contribution in [3.8, 4) is 0 Å². The number of esters is 1. The predicted octanol–water partition coefficient (Wildman–Crippen LogP) is 1.09. The number of rotatable bonds is 3. The van der Waals surface area contributed by atoms with Gasteiger partial charge in [0, 0.05) is 5.92 Å². The molecule has 0 aromatic carbocycles. The third-order valence-electron chi connectivity index (χ3n) is 2.07. The first-order chi connectivity index (χ1) is 6.50. The van der Waals surface area contributed by atoms with Crippen molar-refractivity contribution in [3.63, 3.8) is 0 Å². The summed E-state index contributed by atoms with van der Waals surface area (Å²) >= 11 is 0. The summed E-state index contributed by atoms with van der Waals surface area (Å²) in [5, 5.41) is 9.84. The number of hydrogen-bond donors (Lipinski definition) is 1. The molecule has 1 heterocycles. The minimum absolute atomic E-state index is 0.0710. The summed E-state index contributed by atoms with van der Waals surface area (Å²) in [4.78, 5) is 16.1. The SMILES string of the molecule is C=C(C)N(O)OC1CC(=O)OCC1C. The van der Waals surface area contributed by atoms with Crippen LogP contribution in [0.1, 0.15) is 20.3 Å². The van der Waals surface area contributed by atoms with Crippen molar-refractivity contribution in [2.24, 2.45) is 5.92 Å². The lowest BCUT2D eigenvalue weighted by Gasteiger charge is -2.30. The zero-order valence-electron chi connectivity index (χ0n) is 8.40. The molecule has 1 fully saturated rings. The van der Waals surface area contributed by atoms with Crippen LogP contribution in [0.2, 0.25) is 0 Å². The number of ether oxygens (including phenoxy) is 1. The molecule has 0 radical (unpaired) electrons. The van der Waals surface area contributed by atoms with E-state index in [0.717, 1.165) is 0 Å². The Morgan fingerprint density at radius 2 is 2.43 bits per heavy atom. The number of hydrogen-bond acceptors (Lipinski definition) is 5. The summed E-state index contributed by atoms with van der Waals surface area (Å²) in [5.74, 6) is -0.232. The van der Waals surface area contributed by atoms with Crippen molar-refractivity contribution in [2.75, 3.05) is 6.61 Å². The van der Waals surface area contributed by atoms with Gasteiger partial charge in [0.15, 0.2) is 0 Å². The standard InChI is InChI=1S/C9H15NO4/c1-6(2)10(12)14-8-4-9(11)13-5-7(8)3/h7-8,12H,1,4-5H2,2-3H3. The van der Waals surface area contributed by atoms with Gasteiger partial charge in [0.25, 0.3) is 0 Å². The van der Waals surface area contributed by atoms with Gasteiger partial charge in [-0.25, -0.2) is 4.84 Å². The van der Waals surface area contributed by atoms with Crippen LogP contribution in [0.3, 0.4) is 0 Å². The molecule has 5 nitrogen and oxygen atoms in total. The average Bonchev–Trinajstić information content (AvgIpc) is 2.11. The topological polar surface area (TPSA) is 59.0 Å². The molecule has 1 aliphatic heterocycles. The lowest BCUT2D eigenvalue weighted by atomic mass is 10.0. The monoisotopic (exact) mass is 201 g/mol. The molecule has 80 valence electrons. The van der Waals surface area contributed by atoms with E-state index in [1.807, 2.05) is 6.92 Å². The van der Waals surface area contributed by atoms with Gasteiger partial charge in [0.2, 0.25) is 0 Å². The van der Waals surface area contributed by atoms with Crippen molar-refractivity contribution >= 4 is 5.97 Å². The molecule has 1 N–H and O–H groups in total. The van der Waals surface area contributed by atoms with Crippen LogP contribution in [-0.2, 0) is 14.4 Å². The molecular weight excluding hydrogens is 186 g/mol. The van der Waals surface area contributed by atoms with E-state index < -0.39 is 0 Å². The van der Waals surface area contributed by atoms with Crippen molar-refractivity contribution in [1.82, 2.24) is 5.23 Å². The number of cyclic esters (lactones) is 1. The van der Waals surface area contributed by atoms with Crippen molar-refractivity contribution in [1.29, 1.82) is 0 Å². The second kappa shape index (κ2) is 4.43. The molecule has 2 atom stereocenters. The zero-order chi connectivity index (χ0) is 10.7. The van der Waals surface area contributed by atoms with Gasteiger partial charge in [-0.2, -0.15) is 0 Å². The summed E-state index contributed by atoms with van der Waals surface area (Å²) in [7, 11) is 0. The molecule has 0 bridgehead atoms. The molecule has 0 aliphatic carbocycles. The van der Waals surface area contributed by atoms with Crippen molar-refractivity contribution in [3.05, 3.63) is 12.3 Å². The van der Waals surface area contributed by atoms with Crippen LogP contribution in [0.5, 0.6) is 0 Å². The highest BCUT2D eigenvalue weighted by Crippen LogP contribution is 2.20. The molecule has 1 rings (SSSR count). The molecule has 0 amide bonds. The number of carbonyl (C=O) groups excluding carboxylic acids is 1. The van der Waals surface area contributed by atoms with Gasteiger partial charge in [-0.05, 0) is 6.92 Å². The third-order valence-corrected chi connectivity index (χ3v) is 2.07. The molecule has 0 aromatic rings. The number of allylic oxidation sites excluding steroid dienone is 1. The van der Waals surface area contributed by atoms with Crippen LogP contribution in [0.4, 0.5) is 0 Å². The summed E-state index contributed by atoms with van der Waals surface area (Å²) in [6.07, 6.45) is -0.191. The molecule has 1 saturated heterocycles. The zero-order valence-corrected chi connectivity index (χ0v) is 8.40. The fourth-order valence-electron chi connectivity index (χ4n) is 1.12. The molecule has 14 heavy (non-hydrogen) atoms. The van der Waals surface area contributed by atoms with Gasteiger partial charge in [-0.3, -0.25) is 10.0 Å². The predicted molar refractivity (Wildman–Crippen MR) is 48.1 cm³/mol. The Hall–Kier alpha value is -1.07. The Labute approximate surface area is 82.8 Å². The van der Waals surface area contributed by atoms with E-state index in [1.54, 1.807) is 6.92 Å². The highest BCUT2D eigenvalue weighted by Gasteiger charge is 2.30. The Morgan fingerprint density at radius 1 is 1.79 bits per heavy atom. The van der Waals surface area contributed by atoms with Crippen LogP contribution in [0.15, 0.2) is 12.3 Å². The second-order valence-electron chi connectivity index (χ2n) is 3.52. The maximum absolute atomic E-state index is 10.9. The molecule has 1 aliphatic rings. The van der Waals surface area contributed by atoms with E-state index in [4.69, 9.17) is 9.57 Å². The number of carbonyl (C=O) groups is 1. The Kier molecular flexibility index (Phi) is 3.49. The Balaban J connectivity index is 2.49. The highest BCUT2D eigenvalue weighted by molar-refractivity contribution is 5.70. The number of nitrogens with zero attached hydrogens (tertiary/aromatic N) is 1.